The van der Waals surface area contributed by atoms with E-state index in [4.69, 9.17) is 5.73 Å². The van der Waals surface area contributed by atoms with Crippen molar-refractivity contribution in [1.82, 2.24) is 4.57 Å². The van der Waals surface area contributed by atoms with Crippen LogP contribution >= 0.6 is 0 Å². The summed E-state index contributed by atoms with van der Waals surface area (Å²) >= 11 is 0. The van der Waals surface area contributed by atoms with Gasteiger partial charge in [-0.15, -0.1) is 0 Å². The van der Waals surface area contributed by atoms with Crippen LogP contribution in [0.25, 0.3) is 27.7 Å². The molecule has 1 amide bonds. The normalized spacial score (nSPS) is 12.1. The van der Waals surface area contributed by atoms with E-state index in [2.05, 4.69) is 16.7 Å². The van der Waals surface area contributed by atoms with Crippen molar-refractivity contribution in [2.75, 3.05) is 0 Å². The molecule has 0 saturated carbocycles. The zero-order valence-corrected chi connectivity index (χ0v) is 18.4. The van der Waals surface area contributed by atoms with E-state index in [0.717, 1.165) is 44.4 Å². The van der Waals surface area contributed by atoms with Gasteiger partial charge in [-0.25, -0.2) is 0 Å². The zero-order chi connectivity index (χ0) is 23.0. The maximum absolute atomic E-state index is 11.5. The number of primary amides is 1. The van der Waals surface area contributed by atoms with Crippen molar-refractivity contribution in [3.05, 3.63) is 89.0 Å². The molecule has 0 aliphatic carbocycles. The topological polar surface area (TPSA) is 88.5 Å². The van der Waals surface area contributed by atoms with E-state index in [9.17, 15) is 15.0 Å². The number of hydrogen-bond acceptors (Lipinski definition) is 3. The van der Waals surface area contributed by atoms with Crippen molar-refractivity contribution in [2.24, 2.45) is 5.73 Å². The van der Waals surface area contributed by atoms with Crippen molar-refractivity contribution in [1.29, 1.82) is 0 Å². The molecule has 162 valence electrons. The Kier molecular flexibility index (Phi) is 5.49. The van der Waals surface area contributed by atoms with Crippen LogP contribution in [0.4, 0.5) is 0 Å². The highest BCUT2D eigenvalue weighted by molar-refractivity contribution is 5.99. The second-order valence-electron chi connectivity index (χ2n) is 8.12. The molecule has 0 aliphatic heterocycles. The molecule has 32 heavy (non-hydrogen) atoms. The lowest BCUT2D eigenvalue weighted by Gasteiger charge is -2.13. The summed E-state index contributed by atoms with van der Waals surface area (Å²) in [5, 5.41) is 20.8. The third kappa shape index (κ3) is 3.85. The van der Waals surface area contributed by atoms with E-state index in [1.54, 1.807) is 31.2 Å². The summed E-state index contributed by atoms with van der Waals surface area (Å²) in [4.78, 5) is 11.5. The number of phenols is 2. The number of fused-ring (bicyclic) bond motifs is 1. The molecule has 3 aromatic carbocycles. The quantitative estimate of drug-likeness (QED) is 0.376. The number of phenolic OH excluding ortho intramolecular Hbond substituents is 2. The summed E-state index contributed by atoms with van der Waals surface area (Å²) in [6, 6.07) is 20.7. The molecule has 0 aliphatic rings. The largest absolute Gasteiger partial charge is 0.508 e. The molecule has 4 rings (SSSR count). The van der Waals surface area contributed by atoms with Crippen LogP contribution in [-0.2, 0) is 11.3 Å². The Hall–Kier alpha value is -3.99. The number of benzene rings is 3. The lowest BCUT2D eigenvalue weighted by Crippen LogP contribution is -2.12. The molecule has 0 atom stereocenters. The minimum Gasteiger partial charge on any atom is -0.508 e. The van der Waals surface area contributed by atoms with Gasteiger partial charge in [0, 0.05) is 23.0 Å². The van der Waals surface area contributed by atoms with E-state index in [1.165, 1.54) is 0 Å². The molecule has 1 aromatic heterocycles. The van der Waals surface area contributed by atoms with Crippen molar-refractivity contribution in [2.45, 2.75) is 27.3 Å². The Morgan fingerprint density at radius 3 is 2.16 bits per heavy atom. The first-order valence-electron chi connectivity index (χ1n) is 10.4. The van der Waals surface area contributed by atoms with Crippen LogP contribution in [0.2, 0.25) is 0 Å². The van der Waals surface area contributed by atoms with Crippen molar-refractivity contribution in [3.63, 3.8) is 0 Å². The fourth-order valence-corrected chi connectivity index (χ4v) is 4.11. The molecule has 5 heteroatoms. The summed E-state index contributed by atoms with van der Waals surface area (Å²) in [5.74, 6) is 0.0334. The number of hydrogen-bond donors (Lipinski definition) is 3. The van der Waals surface area contributed by atoms with Gasteiger partial charge in [0.15, 0.2) is 0 Å². The van der Waals surface area contributed by atoms with Crippen LogP contribution in [-0.4, -0.2) is 20.7 Å². The monoisotopic (exact) mass is 426 g/mol. The molecule has 0 radical (unpaired) electrons. The SMILES string of the molecule is CC(C(N)=O)=C(C)c1ccc(Cn2c(-c3ccc(O)cc3)c(C)c3cc(O)ccc32)cc1. The lowest BCUT2D eigenvalue weighted by atomic mass is 10.0. The molecule has 0 fully saturated rings. The maximum Gasteiger partial charge on any atom is 0.244 e. The van der Waals surface area contributed by atoms with E-state index in [1.807, 2.05) is 44.2 Å². The predicted octanol–water partition coefficient (Wildman–Crippen LogP) is 5.35. The van der Waals surface area contributed by atoms with Crippen LogP contribution in [0.5, 0.6) is 11.5 Å². The number of nitrogens with zero attached hydrogens (tertiary/aromatic N) is 1. The van der Waals surface area contributed by atoms with Gasteiger partial charge in [0.2, 0.25) is 5.91 Å². The predicted molar refractivity (Wildman–Crippen MR) is 128 cm³/mol. The van der Waals surface area contributed by atoms with E-state index < -0.39 is 5.91 Å². The Labute approximate surface area is 187 Å². The Balaban J connectivity index is 1.81. The van der Waals surface area contributed by atoms with Gasteiger partial charge in [-0.1, -0.05) is 24.3 Å². The molecule has 5 nitrogen and oxygen atoms in total. The highest BCUT2D eigenvalue weighted by atomic mass is 16.3. The fourth-order valence-electron chi connectivity index (χ4n) is 4.11. The smallest absolute Gasteiger partial charge is 0.244 e. The van der Waals surface area contributed by atoms with E-state index in [-0.39, 0.29) is 11.5 Å². The number of aromatic hydroxyl groups is 2. The third-order valence-corrected chi connectivity index (χ3v) is 6.10. The molecule has 0 unspecified atom stereocenters. The minimum absolute atomic E-state index is 0.219. The van der Waals surface area contributed by atoms with Gasteiger partial charge in [0.05, 0.1) is 5.69 Å². The average Bonchev–Trinajstić information content (AvgIpc) is 3.04. The molecular formula is C27H26N2O3. The zero-order valence-electron chi connectivity index (χ0n) is 18.4. The summed E-state index contributed by atoms with van der Waals surface area (Å²) < 4.78 is 2.23. The highest BCUT2D eigenvalue weighted by Gasteiger charge is 2.17. The number of carbonyl (C=O) groups excluding carboxylic acids is 1. The summed E-state index contributed by atoms with van der Waals surface area (Å²) in [7, 11) is 0. The summed E-state index contributed by atoms with van der Waals surface area (Å²) in [6.45, 7) is 6.31. The van der Waals surface area contributed by atoms with Gasteiger partial charge in [0.25, 0.3) is 0 Å². The lowest BCUT2D eigenvalue weighted by molar-refractivity contribution is -0.114. The summed E-state index contributed by atoms with van der Waals surface area (Å²) in [6.07, 6.45) is 0. The van der Waals surface area contributed by atoms with Crippen molar-refractivity contribution >= 4 is 22.4 Å². The standard InChI is InChI=1S/C27H26N2O3/c1-16(17(2)27(28)32)20-6-4-19(5-7-20)15-29-25-13-12-23(31)14-24(25)18(3)26(29)21-8-10-22(30)11-9-21/h4-14,30-31H,15H2,1-3H3,(H2,28,32). The van der Waals surface area contributed by atoms with Crippen LogP contribution < -0.4 is 5.73 Å². The Morgan fingerprint density at radius 2 is 1.53 bits per heavy atom. The van der Waals surface area contributed by atoms with Gasteiger partial charge in [-0.05, 0) is 91.1 Å². The number of aromatic nitrogens is 1. The van der Waals surface area contributed by atoms with Gasteiger partial charge in [0.1, 0.15) is 11.5 Å². The molecule has 0 bridgehead atoms. The van der Waals surface area contributed by atoms with Gasteiger partial charge < -0.3 is 20.5 Å². The second-order valence-corrected chi connectivity index (χ2v) is 8.12. The molecule has 1 heterocycles. The number of allylic oxidation sites excluding steroid dienone is 1. The first kappa shape index (κ1) is 21.2. The molecule has 4 N–H and O–H groups in total. The Bertz CT molecular complexity index is 1340. The first-order valence-corrected chi connectivity index (χ1v) is 10.4. The van der Waals surface area contributed by atoms with Gasteiger partial charge in [-0.2, -0.15) is 0 Å². The van der Waals surface area contributed by atoms with Crippen LogP contribution in [0.15, 0.2) is 72.3 Å². The number of nitrogens with two attached hydrogens (primary N) is 1. The number of amides is 1. The maximum atomic E-state index is 11.5. The molecule has 0 spiro atoms. The van der Waals surface area contributed by atoms with Gasteiger partial charge in [-0.3, -0.25) is 4.79 Å². The highest BCUT2D eigenvalue weighted by Crippen LogP contribution is 2.36. The van der Waals surface area contributed by atoms with Crippen LogP contribution in [0, 0.1) is 6.92 Å². The molecule has 4 aromatic rings. The second kappa shape index (κ2) is 8.27. The minimum atomic E-state index is -0.414. The average molecular weight is 427 g/mol. The van der Waals surface area contributed by atoms with Gasteiger partial charge >= 0.3 is 0 Å². The van der Waals surface area contributed by atoms with Crippen molar-refractivity contribution < 1.29 is 15.0 Å². The van der Waals surface area contributed by atoms with Crippen molar-refractivity contribution in [3.8, 4) is 22.8 Å². The molecule has 0 saturated heterocycles. The van der Waals surface area contributed by atoms with E-state index >= 15 is 0 Å². The molecular weight excluding hydrogens is 400 g/mol. The van der Waals surface area contributed by atoms with Crippen LogP contribution in [0.3, 0.4) is 0 Å². The third-order valence-electron chi connectivity index (χ3n) is 6.10. The summed E-state index contributed by atoms with van der Waals surface area (Å²) in [5.41, 5.74) is 13.0. The Morgan fingerprint density at radius 1 is 0.906 bits per heavy atom. The van der Waals surface area contributed by atoms with E-state index in [0.29, 0.717) is 12.1 Å². The number of rotatable bonds is 5. The number of carbonyl (C=O) groups is 1. The fraction of sp³-hybridized carbons (Fsp3) is 0.148. The van der Waals surface area contributed by atoms with Crippen LogP contribution in [0.1, 0.15) is 30.5 Å². The number of aryl methyl sites for hydroxylation is 1. The first-order chi connectivity index (χ1) is 15.3.